The van der Waals surface area contributed by atoms with Crippen LogP contribution in [-0.4, -0.2) is 65.4 Å². The van der Waals surface area contributed by atoms with Crippen LogP contribution in [0.25, 0.3) is 0 Å². The summed E-state index contributed by atoms with van der Waals surface area (Å²) in [6, 6.07) is 20.6. The molecule has 256 valence electrons. The summed E-state index contributed by atoms with van der Waals surface area (Å²) in [6.07, 6.45) is 0.644. The Kier molecular flexibility index (Phi) is 14.6. The average molecular weight is 660 g/mol. The SMILES string of the molecule is CC(C)C[C@H](NC(=O)[C@H](Cc1ccccc1)NC(=O)CNC(=O)[C@H](C)NC(=O)[C@H](N)Cc1ccc(O)cc1)C(=O)OCc1ccccc1. The number of aromatic hydroxyl groups is 1. The molecule has 0 spiro atoms. The quantitative estimate of drug-likeness (QED) is 0.119. The molecule has 0 saturated heterocycles. The molecule has 12 nitrogen and oxygen atoms in total. The molecule has 0 aliphatic rings. The van der Waals surface area contributed by atoms with E-state index in [-0.39, 0.29) is 31.1 Å². The molecule has 3 aromatic rings. The van der Waals surface area contributed by atoms with Crippen molar-refractivity contribution in [3.63, 3.8) is 0 Å². The second kappa shape index (κ2) is 18.8. The summed E-state index contributed by atoms with van der Waals surface area (Å²) in [5, 5.41) is 19.8. The Morgan fingerprint density at radius 2 is 1.27 bits per heavy atom. The molecule has 0 aliphatic carbocycles. The third-order valence-corrected chi connectivity index (χ3v) is 7.37. The minimum atomic E-state index is -1.07. The van der Waals surface area contributed by atoms with Gasteiger partial charge in [0.1, 0.15) is 30.5 Å². The molecule has 0 saturated carbocycles. The van der Waals surface area contributed by atoms with E-state index in [0.717, 1.165) is 16.7 Å². The molecule has 0 unspecified atom stereocenters. The van der Waals surface area contributed by atoms with Gasteiger partial charge in [-0.3, -0.25) is 19.2 Å². The van der Waals surface area contributed by atoms with Crippen LogP contribution in [0, 0.1) is 5.92 Å². The predicted octanol–water partition coefficient (Wildman–Crippen LogP) is 1.88. The maximum Gasteiger partial charge on any atom is 0.328 e. The number of phenolic OH excluding ortho intramolecular Hbond substituents is 1. The van der Waals surface area contributed by atoms with Crippen molar-refractivity contribution in [2.24, 2.45) is 11.7 Å². The number of ether oxygens (including phenoxy) is 1. The van der Waals surface area contributed by atoms with Gasteiger partial charge in [-0.05, 0) is 54.5 Å². The number of nitrogens with two attached hydrogens (primary N) is 1. The largest absolute Gasteiger partial charge is 0.508 e. The van der Waals surface area contributed by atoms with Crippen molar-refractivity contribution in [1.29, 1.82) is 0 Å². The maximum atomic E-state index is 13.5. The Morgan fingerprint density at radius 1 is 0.688 bits per heavy atom. The van der Waals surface area contributed by atoms with Crippen LogP contribution < -0.4 is 27.0 Å². The predicted molar refractivity (Wildman–Crippen MR) is 180 cm³/mol. The number of benzene rings is 3. The number of esters is 1. The highest BCUT2D eigenvalue weighted by atomic mass is 16.5. The first-order valence-electron chi connectivity index (χ1n) is 15.9. The van der Waals surface area contributed by atoms with Crippen LogP contribution in [0.1, 0.15) is 43.9 Å². The van der Waals surface area contributed by atoms with Crippen LogP contribution in [0.5, 0.6) is 5.75 Å². The topological polar surface area (TPSA) is 189 Å². The molecule has 48 heavy (non-hydrogen) atoms. The number of hydrogen-bond acceptors (Lipinski definition) is 8. The van der Waals surface area contributed by atoms with Crippen molar-refractivity contribution in [2.45, 2.75) is 70.8 Å². The lowest BCUT2D eigenvalue weighted by atomic mass is 10.0. The first-order chi connectivity index (χ1) is 22.9. The molecule has 0 aliphatic heterocycles. The van der Waals surface area contributed by atoms with Crippen molar-refractivity contribution >= 4 is 29.6 Å². The fourth-order valence-electron chi connectivity index (χ4n) is 4.78. The van der Waals surface area contributed by atoms with Gasteiger partial charge in [-0.25, -0.2) is 4.79 Å². The van der Waals surface area contributed by atoms with E-state index in [1.807, 2.05) is 62.4 Å². The van der Waals surface area contributed by atoms with E-state index in [1.54, 1.807) is 24.3 Å². The zero-order valence-corrected chi connectivity index (χ0v) is 27.5. The van der Waals surface area contributed by atoms with Gasteiger partial charge < -0.3 is 36.8 Å². The lowest BCUT2D eigenvalue weighted by Gasteiger charge is -2.24. The molecular formula is C36H45N5O7. The molecule has 0 radical (unpaired) electrons. The third-order valence-electron chi connectivity index (χ3n) is 7.37. The third kappa shape index (κ3) is 12.9. The highest BCUT2D eigenvalue weighted by Gasteiger charge is 2.29. The number of amides is 4. The van der Waals surface area contributed by atoms with Gasteiger partial charge in [0.25, 0.3) is 0 Å². The van der Waals surface area contributed by atoms with Gasteiger partial charge in [0.05, 0.1) is 12.6 Å². The van der Waals surface area contributed by atoms with Crippen molar-refractivity contribution in [3.05, 3.63) is 102 Å². The molecule has 0 aromatic heterocycles. The van der Waals surface area contributed by atoms with Gasteiger partial charge in [-0.15, -0.1) is 0 Å². The number of hydrogen-bond donors (Lipinski definition) is 6. The van der Waals surface area contributed by atoms with E-state index in [9.17, 15) is 29.1 Å². The highest BCUT2D eigenvalue weighted by Crippen LogP contribution is 2.12. The zero-order chi connectivity index (χ0) is 35.1. The van der Waals surface area contributed by atoms with Crippen molar-refractivity contribution in [2.75, 3.05) is 6.54 Å². The molecule has 4 amide bonds. The zero-order valence-electron chi connectivity index (χ0n) is 27.5. The molecule has 0 fully saturated rings. The Hall–Kier alpha value is -5.23. The standard InChI is InChI=1S/C36H45N5O7/c1-23(2)18-31(36(47)48-22-27-12-8-5-9-13-27)41-35(46)30(20-25-10-6-4-7-11-25)40-32(43)21-38-33(44)24(3)39-34(45)29(37)19-26-14-16-28(42)17-15-26/h4-17,23-24,29-31,42H,18-22,37H2,1-3H3,(H,38,44)(H,39,45)(H,40,43)(H,41,46)/t24-,29+,30-,31-/m0/s1. The van der Waals surface area contributed by atoms with Gasteiger partial charge in [-0.1, -0.05) is 86.6 Å². The Morgan fingerprint density at radius 3 is 1.88 bits per heavy atom. The van der Waals surface area contributed by atoms with Crippen molar-refractivity contribution in [3.8, 4) is 5.75 Å². The smallest absolute Gasteiger partial charge is 0.328 e. The summed E-state index contributed by atoms with van der Waals surface area (Å²) in [7, 11) is 0. The maximum absolute atomic E-state index is 13.5. The van der Waals surface area contributed by atoms with Gasteiger partial charge in [-0.2, -0.15) is 0 Å². The second-order valence-corrected chi connectivity index (χ2v) is 12.0. The van der Waals surface area contributed by atoms with Crippen LogP contribution in [0.15, 0.2) is 84.9 Å². The second-order valence-electron chi connectivity index (χ2n) is 12.0. The summed E-state index contributed by atoms with van der Waals surface area (Å²) in [5.74, 6) is -2.85. The Labute approximate surface area is 280 Å². The summed E-state index contributed by atoms with van der Waals surface area (Å²) >= 11 is 0. The number of rotatable bonds is 17. The molecule has 12 heteroatoms. The normalized spacial score (nSPS) is 13.4. The van der Waals surface area contributed by atoms with E-state index >= 15 is 0 Å². The van der Waals surface area contributed by atoms with E-state index in [2.05, 4.69) is 21.3 Å². The van der Waals surface area contributed by atoms with Crippen LogP contribution >= 0.6 is 0 Å². The minimum Gasteiger partial charge on any atom is -0.508 e. The van der Waals surface area contributed by atoms with Gasteiger partial charge in [0.15, 0.2) is 0 Å². The first-order valence-corrected chi connectivity index (χ1v) is 15.9. The van der Waals surface area contributed by atoms with Gasteiger partial charge in [0, 0.05) is 6.42 Å². The summed E-state index contributed by atoms with van der Waals surface area (Å²) in [5.41, 5.74) is 8.30. The monoisotopic (exact) mass is 659 g/mol. The number of nitrogens with one attached hydrogen (secondary N) is 4. The van der Waals surface area contributed by atoms with Crippen LogP contribution in [-0.2, 0) is 48.2 Å². The van der Waals surface area contributed by atoms with Gasteiger partial charge >= 0.3 is 5.97 Å². The molecule has 3 aromatic carbocycles. The number of phenols is 1. The highest BCUT2D eigenvalue weighted by molar-refractivity contribution is 5.94. The lowest BCUT2D eigenvalue weighted by Crippen LogP contribution is -2.55. The fourth-order valence-corrected chi connectivity index (χ4v) is 4.78. The molecule has 4 atom stereocenters. The van der Waals surface area contributed by atoms with Crippen molar-refractivity contribution in [1.82, 2.24) is 21.3 Å². The average Bonchev–Trinajstić information content (AvgIpc) is 3.07. The molecule has 7 N–H and O–H groups in total. The van der Waals surface area contributed by atoms with E-state index in [1.165, 1.54) is 19.1 Å². The number of carbonyl (C=O) groups excluding carboxylic acids is 5. The van der Waals surface area contributed by atoms with E-state index < -0.39 is 60.3 Å². The number of carbonyl (C=O) groups is 5. The minimum absolute atomic E-state index is 0.0528. The first kappa shape index (κ1) is 37.2. The fraction of sp³-hybridized carbons (Fsp3) is 0.361. The molecule has 3 rings (SSSR count). The van der Waals surface area contributed by atoms with E-state index in [0.29, 0.717) is 6.42 Å². The van der Waals surface area contributed by atoms with Crippen LogP contribution in [0.4, 0.5) is 0 Å². The Bertz CT molecular complexity index is 1500. The molecular weight excluding hydrogens is 614 g/mol. The van der Waals surface area contributed by atoms with E-state index in [4.69, 9.17) is 10.5 Å². The Balaban J connectivity index is 1.58. The molecule has 0 heterocycles. The van der Waals surface area contributed by atoms with Crippen LogP contribution in [0.3, 0.4) is 0 Å². The summed E-state index contributed by atoms with van der Waals surface area (Å²) in [4.78, 5) is 64.8. The van der Waals surface area contributed by atoms with Gasteiger partial charge in [0.2, 0.25) is 23.6 Å². The van der Waals surface area contributed by atoms with Crippen LogP contribution in [0.2, 0.25) is 0 Å². The lowest BCUT2D eigenvalue weighted by molar-refractivity contribution is -0.149. The molecule has 0 bridgehead atoms. The van der Waals surface area contributed by atoms with Crippen molar-refractivity contribution < 1.29 is 33.8 Å². The summed E-state index contributed by atoms with van der Waals surface area (Å²) < 4.78 is 5.50. The summed E-state index contributed by atoms with van der Waals surface area (Å²) in [6.45, 7) is 4.88.